The van der Waals surface area contributed by atoms with Crippen LogP contribution in [0, 0.1) is 23.7 Å². The Labute approximate surface area is 77.1 Å². The predicted octanol–water partition coefficient (Wildman–Crippen LogP) is -0.0762. The van der Waals surface area contributed by atoms with E-state index in [1.165, 1.54) is 0 Å². The Hall–Kier alpha value is -1.58. The molecule has 0 radical (unpaired) electrons. The number of carbonyl (C=O) groups is 2. The van der Waals surface area contributed by atoms with E-state index in [9.17, 15) is 9.59 Å². The zero-order valence-electron chi connectivity index (χ0n) is 7.39. The highest BCUT2D eigenvalue weighted by atomic mass is 16.3. The lowest BCUT2D eigenvalue weighted by molar-refractivity contribution is -0.114. The standard InChI is InChI=1S/C10H10O3/c1-2-9(12)5-3-4-6-10(13)7-8-11/h11H,2,7-8H2,1H3. The van der Waals surface area contributed by atoms with Crippen LogP contribution in [-0.4, -0.2) is 23.3 Å². The lowest BCUT2D eigenvalue weighted by Gasteiger charge is -1.81. The molecular weight excluding hydrogens is 168 g/mol. The maximum atomic E-state index is 10.7. The van der Waals surface area contributed by atoms with Crippen LogP contribution in [0.3, 0.4) is 0 Å². The van der Waals surface area contributed by atoms with E-state index < -0.39 is 0 Å². The minimum atomic E-state index is -0.374. The van der Waals surface area contributed by atoms with Crippen LogP contribution in [-0.2, 0) is 9.59 Å². The van der Waals surface area contributed by atoms with Gasteiger partial charge in [0.15, 0.2) is 0 Å². The van der Waals surface area contributed by atoms with Crippen molar-refractivity contribution in [2.45, 2.75) is 19.8 Å². The van der Waals surface area contributed by atoms with E-state index in [0.717, 1.165) is 0 Å². The van der Waals surface area contributed by atoms with Gasteiger partial charge in [0.25, 0.3) is 0 Å². The first-order valence-electron chi connectivity index (χ1n) is 3.89. The fraction of sp³-hybridized carbons (Fsp3) is 0.400. The number of aliphatic hydroxyl groups is 1. The van der Waals surface area contributed by atoms with Crippen LogP contribution < -0.4 is 0 Å². The monoisotopic (exact) mass is 178 g/mol. The van der Waals surface area contributed by atoms with E-state index in [0.29, 0.717) is 6.42 Å². The first kappa shape index (κ1) is 11.4. The summed E-state index contributed by atoms with van der Waals surface area (Å²) in [6.45, 7) is 1.48. The lowest BCUT2D eigenvalue weighted by Crippen LogP contribution is -1.96. The summed E-state index contributed by atoms with van der Waals surface area (Å²) in [5.41, 5.74) is 0. The van der Waals surface area contributed by atoms with Crippen molar-refractivity contribution in [2.24, 2.45) is 0 Å². The zero-order valence-corrected chi connectivity index (χ0v) is 7.39. The SMILES string of the molecule is CCC(=O)C#CC#CC(=O)CCO. The third-order valence-electron chi connectivity index (χ3n) is 1.13. The number of aliphatic hydroxyl groups excluding tert-OH is 1. The maximum Gasteiger partial charge on any atom is 0.208 e. The Balaban J connectivity index is 4.03. The van der Waals surface area contributed by atoms with Crippen molar-refractivity contribution in [1.29, 1.82) is 0 Å². The largest absolute Gasteiger partial charge is 0.396 e. The van der Waals surface area contributed by atoms with Gasteiger partial charge in [-0.3, -0.25) is 9.59 Å². The number of ketones is 2. The molecule has 0 aromatic heterocycles. The molecule has 0 spiro atoms. The first-order chi connectivity index (χ1) is 6.20. The highest BCUT2D eigenvalue weighted by Crippen LogP contribution is 1.77. The quantitative estimate of drug-likeness (QED) is 0.486. The molecule has 0 heterocycles. The molecule has 3 nitrogen and oxygen atoms in total. The minimum Gasteiger partial charge on any atom is -0.396 e. The summed E-state index contributed by atoms with van der Waals surface area (Å²) in [7, 11) is 0. The van der Waals surface area contributed by atoms with E-state index in [2.05, 4.69) is 23.7 Å². The molecule has 0 saturated carbocycles. The van der Waals surface area contributed by atoms with Crippen molar-refractivity contribution in [2.75, 3.05) is 6.61 Å². The van der Waals surface area contributed by atoms with Crippen LogP contribution in [0.2, 0.25) is 0 Å². The average molecular weight is 178 g/mol. The second kappa shape index (κ2) is 7.09. The van der Waals surface area contributed by atoms with Gasteiger partial charge >= 0.3 is 0 Å². The van der Waals surface area contributed by atoms with Gasteiger partial charge in [-0.05, 0) is 23.7 Å². The van der Waals surface area contributed by atoms with Crippen molar-refractivity contribution < 1.29 is 14.7 Å². The van der Waals surface area contributed by atoms with Gasteiger partial charge < -0.3 is 5.11 Å². The molecule has 0 amide bonds. The molecule has 0 aromatic carbocycles. The summed E-state index contributed by atoms with van der Waals surface area (Å²) >= 11 is 0. The summed E-state index contributed by atoms with van der Waals surface area (Å²) in [6.07, 6.45) is 0.357. The van der Waals surface area contributed by atoms with Gasteiger partial charge in [0.1, 0.15) is 0 Å². The molecule has 1 N–H and O–H groups in total. The number of rotatable bonds is 3. The normalized spacial score (nSPS) is 7.54. The summed E-state index contributed by atoms with van der Waals surface area (Å²) in [6, 6.07) is 0. The van der Waals surface area contributed by atoms with Gasteiger partial charge in [-0.2, -0.15) is 0 Å². The van der Waals surface area contributed by atoms with Crippen LogP contribution in [0.15, 0.2) is 0 Å². The van der Waals surface area contributed by atoms with Gasteiger partial charge in [-0.1, -0.05) is 6.92 Å². The van der Waals surface area contributed by atoms with Gasteiger partial charge in [-0.15, -0.1) is 0 Å². The van der Waals surface area contributed by atoms with Gasteiger partial charge in [-0.25, -0.2) is 0 Å². The topological polar surface area (TPSA) is 54.4 Å². The van der Waals surface area contributed by atoms with Gasteiger partial charge in [0.2, 0.25) is 11.6 Å². The van der Waals surface area contributed by atoms with Crippen LogP contribution in [0.5, 0.6) is 0 Å². The van der Waals surface area contributed by atoms with Crippen molar-refractivity contribution in [3.8, 4) is 23.7 Å². The highest BCUT2D eigenvalue weighted by Gasteiger charge is 1.91. The minimum absolute atomic E-state index is 0.0103. The molecule has 0 aliphatic heterocycles. The van der Waals surface area contributed by atoms with Gasteiger partial charge in [0.05, 0.1) is 6.61 Å². The average Bonchev–Trinajstić information content (AvgIpc) is 2.12. The fourth-order valence-electron chi connectivity index (χ4n) is 0.454. The number of hydrogen-bond acceptors (Lipinski definition) is 3. The number of hydrogen-bond donors (Lipinski definition) is 1. The third kappa shape index (κ3) is 6.80. The summed E-state index contributed by atoms with van der Waals surface area (Å²) < 4.78 is 0. The first-order valence-corrected chi connectivity index (χ1v) is 3.89. The Kier molecular flexibility index (Phi) is 6.23. The maximum absolute atomic E-state index is 10.7. The fourth-order valence-corrected chi connectivity index (χ4v) is 0.454. The predicted molar refractivity (Wildman–Crippen MR) is 47.6 cm³/mol. The van der Waals surface area contributed by atoms with E-state index in [1.807, 2.05) is 0 Å². The molecule has 68 valence electrons. The second-order valence-electron chi connectivity index (χ2n) is 2.17. The molecule has 0 aliphatic carbocycles. The van der Waals surface area contributed by atoms with Crippen LogP contribution in [0.1, 0.15) is 19.8 Å². The second-order valence-corrected chi connectivity index (χ2v) is 2.17. The van der Waals surface area contributed by atoms with Crippen LogP contribution in [0.25, 0.3) is 0 Å². The molecular formula is C10H10O3. The summed E-state index contributed by atoms with van der Waals surface area (Å²) in [5.74, 6) is 8.37. The lowest BCUT2D eigenvalue weighted by atomic mass is 10.3. The Morgan fingerprint density at radius 2 is 1.69 bits per heavy atom. The molecule has 0 aliphatic rings. The van der Waals surface area contributed by atoms with Crippen molar-refractivity contribution >= 4 is 11.6 Å². The van der Waals surface area contributed by atoms with Crippen molar-refractivity contribution in [1.82, 2.24) is 0 Å². The molecule has 3 heteroatoms. The molecule has 0 bridgehead atoms. The van der Waals surface area contributed by atoms with E-state index in [4.69, 9.17) is 5.11 Å². The Bertz CT molecular complexity index is 307. The van der Waals surface area contributed by atoms with Crippen LogP contribution in [0.4, 0.5) is 0 Å². The Morgan fingerprint density at radius 3 is 2.15 bits per heavy atom. The molecule has 0 unspecified atom stereocenters. The molecule has 0 saturated heterocycles. The molecule has 13 heavy (non-hydrogen) atoms. The highest BCUT2D eigenvalue weighted by molar-refractivity contribution is 5.98. The molecule has 0 atom stereocenters. The van der Waals surface area contributed by atoms with Crippen LogP contribution >= 0.6 is 0 Å². The van der Waals surface area contributed by atoms with E-state index >= 15 is 0 Å². The third-order valence-corrected chi connectivity index (χ3v) is 1.13. The summed E-state index contributed by atoms with van der Waals surface area (Å²) in [5, 5.41) is 8.34. The summed E-state index contributed by atoms with van der Waals surface area (Å²) in [4.78, 5) is 21.3. The van der Waals surface area contributed by atoms with Gasteiger partial charge in [0, 0.05) is 12.8 Å². The molecule has 0 aromatic rings. The number of Topliss-reactive ketones (excluding diaryl/α,β-unsaturated/α-hetero) is 2. The molecule has 0 fully saturated rings. The molecule has 0 rings (SSSR count). The zero-order chi connectivity index (χ0) is 10.1. The Morgan fingerprint density at radius 1 is 1.15 bits per heavy atom. The van der Waals surface area contributed by atoms with E-state index in [-0.39, 0.29) is 24.6 Å². The number of carbonyl (C=O) groups excluding carboxylic acids is 2. The van der Waals surface area contributed by atoms with Crippen molar-refractivity contribution in [3.05, 3.63) is 0 Å². The smallest absolute Gasteiger partial charge is 0.208 e. The van der Waals surface area contributed by atoms with E-state index in [1.54, 1.807) is 6.92 Å². The van der Waals surface area contributed by atoms with Crippen molar-refractivity contribution in [3.63, 3.8) is 0 Å².